The number of carbonyl (C=O) groups excluding carboxylic acids is 3. The van der Waals surface area contributed by atoms with Crippen molar-refractivity contribution in [3.63, 3.8) is 0 Å². The largest absolute Gasteiger partial charge is 0.508 e. The zero-order valence-corrected chi connectivity index (χ0v) is 15.8. The van der Waals surface area contributed by atoms with Gasteiger partial charge in [-0.3, -0.25) is 23.9 Å². The van der Waals surface area contributed by atoms with Gasteiger partial charge in [-0.25, -0.2) is 9.59 Å². The number of rotatable bonds is 8. The van der Waals surface area contributed by atoms with Gasteiger partial charge in [0, 0.05) is 6.42 Å². The average molecular weight is 422 g/mol. The molecular formula is C18H19FN4O7. The molecule has 4 N–H and O–H groups in total. The third kappa shape index (κ3) is 6.29. The van der Waals surface area contributed by atoms with Crippen molar-refractivity contribution in [1.82, 2.24) is 20.2 Å². The molecule has 0 radical (unpaired) electrons. The van der Waals surface area contributed by atoms with Gasteiger partial charge in [-0.05, 0) is 17.7 Å². The normalized spacial score (nSPS) is 11.4. The lowest BCUT2D eigenvalue weighted by atomic mass is 10.1. The molecule has 0 saturated carbocycles. The van der Waals surface area contributed by atoms with Crippen LogP contribution in [0.5, 0.6) is 5.75 Å². The maximum atomic E-state index is 13.2. The number of aromatic hydroxyl groups is 1. The second-order valence-electron chi connectivity index (χ2n) is 6.15. The number of hydrogen-bond acceptors (Lipinski definition) is 7. The van der Waals surface area contributed by atoms with Crippen molar-refractivity contribution < 1.29 is 28.6 Å². The fraction of sp³-hybridized carbons (Fsp3) is 0.278. The van der Waals surface area contributed by atoms with Crippen LogP contribution in [0.1, 0.15) is 5.56 Å². The van der Waals surface area contributed by atoms with Gasteiger partial charge in [-0.1, -0.05) is 12.1 Å². The van der Waals surface area contributed by atoms with Gasteiger partial charge in [-0.15, -0.1) is 0 Å². The van der Waals surface area contributed by atoms with Gasteiger partial charge in [-0.2, -0.15) is 4.39 Å². The van der Waals surface area contributed by atoms with E-state index in [9.17, 15) is 33.5 Å². The number of nitrogens with one attached hydrogen (secondary N) is 3. The number of esters is 1. The minimum Gasteiger partial charge on any atom is -0.508 e. The Morgan fingerprint density at radius 3 is 2.50 bits per heavy atom. The first-order valence-electron chi connectivity index (χ1n) is 8.60. The lowest BCUT2D eigenvalue weighted by molar-refractivity contribution is -0.145. The van der Waals surface area contributed by atoms with Crippen LogP contribution in [0.4, 0.5) is 4.39 Å². The summed E-state index contributed by atoms with van der Waals surface area (Å²) in [6.45, 7) is -1.16. The molecule has 30 heavy (non-hydrogen) atoms. The Morgan fingerprint density at radius 2 is 1.87 bits per heavy atom. The smallest absolute Gasteiger partial charge is 0.328 e. The van der Waals surface area contributed by atoms with Crippen molar-refractivity contribution in [3.8, 4) is 5.75 Å². The van der Waals surface area contributed by atoms with Crippen molar-refractivity contribution in [1.29, 1.82) is 0 Å². The minimum atomic E-state index is -1.24. The van der Waals surface area contributed by atoms with E-state index < -0.39 is 54.0 Å². The summed E-state index contributed by atoms with van der Waals surface area (Å²) in [5, 5.41) is 13.9. The summed E-state index contributed by atoms with van der Waals surface area (Å²) in [5.41, 5.74) is -1.55. The standard InChI is InChI=1S/C18H19FN4O7/c1-30-17(28)13(6-10-2-4-11(24)5-3-10)21-14(25)7-20-15(26)9-23-8-12(19)16(27)22-18(23)29/h2-5,8,13,24H,6-7,9H2,1H3,(H,20,26)(H,21,25)(H,22,27,29)/t13-/m0/s1. The summed E-state index contributed by atoms with van der Waals surface area (Å²) in [4.78, 5) is 60.1. The van der Waals surface area contributed by atoms with Crippen LogP contribution >= 0.6 is 0 Å². The van der Waals surface area contributed by atoms with E-state index in [2.05, 4.69) is 15.4 Å². The van der Waals surface area contributed by atoms with E-state index in [1.165, 1.54) is 12.1 Å². The van der Waals surface area contributed by atoms with Crippen LogP contribution in [-0.4, -0.2) is 52.1 Å². The van der Waals surface area contributed by atoms with Crippen molar-refractivity contribution in [2.75, 3.05) is 13.7 Å². The molecular weight excluding hydrogens is 403 g/mol. The number of halogens is 1. The molecule has 1 heterocycles. The molecule has 11 nitrogen and oxygen atoms in total. The SMILES string of the molecule is COC(=O)[C@H](Cc1ccc(O)cc1)NC(=O)CNC(=O)Cn1cc(F)c(=O)[nH]c1=O. The summed E-state index contributed by atoms with van der Waals surface area (Å²) < 4.78 is 18.5. The van der Waals surface area contributed by atoms with Gasteiger partial charge in [0.2, 0.25) is 17.6 Å². The summed E-state index contributed by atoms with van der Waals surface area (Å²) in [5.74, 6) is -3.42. The third-order valence-corrected chi connectivity index (χ3v) is 3.92. The number of amides is 2. The number of carbonyl (C=O) groups is 3. The molecule has 0 fully saturated rings. The molecule has 0 unspecified atom stereocenters. The van der Waals surface area contributed by atoms with E-state index in [-0.39, 0.29) is 12.2 Å². The first-order valence-corrected chi connectivity index (χ1v) is 8.60. The fourth-order valence-electron chi connectivity index (χ4n) is 2.44. The molecule has 0 saturated heterocycles. The van der Waals surface area contributed by atoms with Gasteiger partial charge in [0.15, 0.2) is 0 Å². The number of phenols is 1. The second-order valence-corrected chi connectivity index (χ2v) is 6.15. The molecule has 0 aliphatic rings. The van der Waals surface area contributed by atoms with Crippen molar-refractivity contribution >= 4 is 17.8 Å². The van der Waals surface area contributed by atoms with E-state index in [4.69, 9.17) is 0 Å². The maximum absolute atomic E-state index is 13.2. The summed E-state index contributed by atoms with van der Waals surface area (Å²) >= 11 is 0. The number of aromatic amines is 1. The van der Waals surface area contributed by atoms with Crippen LogP contribution in [-0.2, 0) is 32.1 Å². The predicted octanol–water partition coefficient (Wildman–Crippen LogP) is -1.60. The molecule has 0 aliphatic carbocycles. The molecule has 0 bridgehead atoms. The number of nitrogens with zero attached hydrogens (tertiary/aromatic N) is 1. The van der Waals surface area contributed by atoms with Crippen LogP contribution in [0.15, 0.2) is 40.1 Å². The number of methoxy groups -OCH3 is 1. The molecule has 160 valence electrons. The number of phenolic OH excluding ortho intramolecular Hbond substituents is 1. The highest BCUT2D eigenvalue weighted by molar-refractivity contribution is 5.88. The van der Waals surface area contributed by atoms with Gasteiger partial charge in [0.1, 0.15) is 18.3 Å². The molecule has 0 spiro atoms. The average Bonchev–Trinajstić information content (AvgIpc) is 2.71. The Hall–Kier alpha value is -3.96. The van der Waals surface area contributed by atoms with Crippen LogP contribution in [0.3, 0.4) is 0 Å². The highest BCUT2D eigenvalue weighted by atomic mass is 19.1. The highest BCUT2D eigenvalue weighted by Crippen LogP contribution is 2.11. The van der Waals surface area contributed by atoms with Crippen molar-refractivity contribution in [2.24, 2.45) is 0 Å². The molecule has 1 aromatic heterocycles. The molecule has 2 aromatic rings. The van der Waals surface area contributed by atoms with Gasteiger partial charge in [0.25, 0.3) is 5.56 Å². The quantitative estimate of drug-likeness (QED) is 0.373. The highest BCUT2D eigenvalue weighted by Gasteiger charge is 2.22. The van der Waals surface area contributed by atoms with Crippen LogP contribution in [0.25, 0.3) is 0 Å². The zero-order valence-electron chi connectivity index (χ0n) is 15.8. The van der Waals surface area contributed by atoms with Crippen molar-refractivity contribution in [3.05, 3.63) is 62.7 Å². The van der Waals surface area contributed by atoms with Crippen LogP contribution in [0, 0.1) is 5.82 Å². The number of benzene rings is 1. The summed E-state index contributed by atoms with van der Waals surface area (Å²) in [6, 6.07) is 4.95. The van der Waals surface area contributed by atoms with Gasteiger partial charge < -0.3 is 20.5 Å². The van der Waals surface area contributed by atoms with Crippen molar-refractivity contribution in [2.45, 2.75) is 19.0 Å². The fourth-order valence-corrected chi connectivity index (χ4v) is 2.44. The monoisotopic (exact) mass is 422 g/mol. The van der Waals surface area contributed by atoms with Crippen LogP contribution in [0.2, 0.25) is 0 Å². The van der Waals surface area contributed by atoms with E-state index in [1.54, 1.807) is 17.1 Å². The first kappa shape index (κ1) is 22.3. The van der Waals surface area contributed by atoms with Gasteiger partial charge >= 0.3 is 11.7 Å². The summed E-state index contributed by atoms with van der Waals surface area (Å²) in [7, 11) is 1.15. The predicted molar refractivity (Wildman–Crippen MR) is 100 cm³/mol. The number of hydrogen-bond donors (Lipinski definition) is 4. The zero-order chi connectivity index (χ0) is 22.3. The topological polar surface area (TPSA) is 160 Å². The molecule has 2 rings (SSSR count). The number of aromatic nitrogens is 2. The van der Waals surface area contributed by atoms with Gasteiger partial charge in [0.05, 0.1) is 19.9 Å². The van der Waals surface area contributed by atoms with E-state index in [0.717, 1.165) is 7.11 Å². The Bertz CT molecular complexity index is 1050. The Labute approximate surface area is 168 Å². The Morgan fingerprint density at radius 1 is 1.20 bits per heavy atom. The third-order valence-electron chi connectivity index (χ3n) is 3.92. The Balaban J connectivity index is 1.93. The molecule has 2 amide bonds. The molecule has 1 aromatic carbocycles. The summed E-state index contributed by atoms with van der Waals surface area (Å²) in [6.07, 6.45) is 0.657. The van der Waals surface area contributed by atoms with E-state index in [1.807, 2.05) is 0 Å². The van der Waals surface area contributed by atoms with E-state index >= 15 is 0 Å². The lowest BCUT2D eigenvalue weighted by Crippen LogP contribution is -2.47. The van der Waals surface area contributed by atoms with Crippen LogP contribution < -0.4 is 21.9 Å². The van der Waals surface area contributed by atoms with E-state index in [0.29, 0.717) is 16.3 Å². The molecule has 0 aliphatic heterocycles. The molecule has 1 atom stereocenters. The maximum Gasteiger partial charge on any atom is 0.328 e. The number of ether oxygens (including phenoxy) is 1. The Kier molecular flexibility index (Phi) is 7.44. The molecule has 12 heteroatoms. The lowest BCUT2D eigenvalue weighted by Gasteiger charge is -2.17. The second kappa shape index (κ2) is 10.0. The minimum absolute atomic E-state index is 0.0431. The number of H-pyrrole nitrogens is 1. The first-order chi connectivity index (χ1) is 14.2.